The van der Waals surface area contributed by atoms with E-state index in [0.29, 0.717) is 37.1 Å². The van der Waals surface area contributed by atoms with Crippen LogP contribution in [-0.4, -0.2) is 56.8 Å². The van der Waals surface area contributed by atoms with Gasteiger partial charge in [-0.1, -0.05) is 25.5 Å². The number of hydrogen-bond donors (Lipinski definition) is 2. The number of amides is 1. The number of para-hydroxylation sites is 2. The van der Waals surface area contributed by atoms with E-state index in [1.807, 2.05) is 31.2 Å². The summed E-state index contributed by atoms with van der Waals surface area (Å²) in [5, 5.41) is 20.2. The molecule has 0 spiro atoms. The molecule has 0 aliphatic carbocycles. The van der Waals surface area contributed by atoms with E-state index in [9.17, 15) is 15.0 Å². The van der Waals surface area contributed by atoms with E-state index >= 15 is 0 Å². The Bertz CT molecular complexity index is 736. The largest absolute Gasteiger partial charge is 0.396 e. The Morgan fingerprint density at radius 1 is 1.38 bits per heavy atom. The Kier molecular flexibility index (Phi) is 4.78. The Morgan fingerprint density at radius 3 is 2.83 bits per heavy atom. The van der Waals surface area contributed by atoms with Gasteiger partial charge in [0, 0.05) is 18.5 Å². The summed E-state index contributed by atoms with van der Waals surface area (Å²) >= 11 is 0. The van der Waals surface area contributed by atoms with Crippen molar-refractivity contribution in [2.24, 2.45) is 5.41 Å². The second-order valence-electron chi connectivity index (χ2n) is 6.55. The SMILES string of the molecule is CCC[C@@]1(CO)CN(C(=O)c2cnc3ccccc3n2)CC[C@@H]1O. The van der Waals surface area contributed by atoms with Crippen LogP contribution in [0.1, 0.15) is 36.7 Å². The number of hydrogen-bond acceptors (Lipinski definition) is 5. The number of aliphatic hydroxyl groups is 2. The van der Waals surface area contributed by atoms with Crippen LogP contribution in [0.4, 0.5) is 0 Å². The highest BCUT2D eigenvalue weighted by atomic mass is 16.3. The van der Waals surface area contributed by atoms with E-state index in [4.69, 9.17) is 0 Å². The molecule has 0 saturated carbocycles. The van der Waals surface area contributed by atoms with Gasteiger partial charge in [0.2, 0.25) is 0 Å². The smallest absolute Gasteiger partial charge is 0.274 e. The molecule has 0 radical (unpaired) electrons. The summed E-state index contributed by atoms with van der Waals surface area (Å²) in [6, 6.07) is 7.42. The van der Waals surface area contributed by atoms with Crippen LogP contribution in [0, 0.1) is 5.41 Å². The molecule has 0 unspecified atom stereocenters. The van der Waals surface area contributed by atoms with Crippen molar-refractivity contribution in [2.75, 3.05) is 19.7 Å². The zero-order valence-corrected chi connectivity index (χ0v) is 13.9. The molecule has 6 heteroatoms. The number of benzene rings is 1. The zero-order valence-electron chi connectivity index (χ0n) is 13.9. The minimum absolute atomic E-state index is 0.130. The zero-order chi connectivity index (χ0) is 17.2. The Labute approximate surface area is 141 Å². The molecule has 1 aromatic carbocycles. The van der Waals surface area contributed by atoms with Crippen LogP contribution in [0.25, 0.3) is 11.0 Å². The number of rotatable bonds is 4. The maximum absolute atomic E-state index is 12.8. The van der Waals surface area contributed by atoms with Gasteiger partial charge in [0.05, 0.1) is 29.9 Å². The summed E-state index contributed by atoms with van der Waals surface area (Å²) in [6.45, 7) is 2.68. The molecule has 1 amide bonds. The second-order valence-corrected chi connectivity index (χ2v) is 6.55. The van der Waals surface area contributed by atoms with Gasteiger partial charge in [0.1, 0.15) is 5.69 Å². The highest BCUT2D eigenvalue weighted by Crippen LogP contribution is 2.35. The third-order valence-electron chi connectivity index (χ3n) is 4.90. The fraction of sp³-hybridized carbons (Fsp3) is 0.500. The Morgan fingerprint density at radius 2 is 2.12 bits per heavy atom. The first-order valence-electron chi connectivity index (χ1n) is 8.39. The van der Waals surface area contributed by atoms with Gasteiger partial charge >= 0.3 is 0 Å². The molecule has 24 heavy (non-hydrogen) atoms. The topological polar surface area (TPSA) is 86.5 Å². The van der Waals surface area contributed by atoms with Crippen LogP contribution >= 0.6 is 0 Å². The number of aromatic nitrogens is 2. The number of carbonyl (C=O) groups excluding carboxylic acids is 1. The molecule has 0 bridgehead atoms. The van der Waals surface area contributed by atoms with Crippen molar-refractivity contribution in [3.63, 3.8) is 0 Å². The molecular formula is C18H23N3O3. The lowest BCUT2D eigenvalue weighted by molar-refractivity contribution is -0.0721. The van der Waals surface area contributed by atoms with E-state index in [-0.39, 0.29) is 12.5 Å². The van der Waals surface area contributed by atoms with Gasteiger partial charge in [0.15, 0.2) is 0 Å². The average molecular weight is 329 g/mol. The lowest BCUT2D eigenvalue weighted by Gasteiger charge is -2.45. The number of piperidine rings is 1. The summed E-state index contributed by atoms with van der Waals surface area (Å²) in [4.78, 5) is 23.2. The quantitative estimate of drug-likeness (QED) is 0.890. The van der Waals surface area contributed by atoms with Crippen molar-refractivity contribution in [3.05, 3.63) is 36.2 Å². The van der Waals surface area contributed by atoms with E-state index < -0.39 is 11.5 Å². The van der Waals surface area contributed by atoms with Crippen molar-refractivity contribution in [1.29, 1.82) is 0 Å². The summed E-state index contributed by atoms with van der Waals surface area (Å²) < 4.78 is 0. The predicted octanol–water partition coefficient (Wildman–Crippen LogP) is 1.62. The van der Waals surface area contributed by atoms with Crippen LogP contribution in [-0.2, 0) is 0 Å². The first-order chi connectivity index (χ1) is 11.6. The lowest BCUT2D eigenvalue weighted by Crippen LogP contribution is -2.55. The van der Waals surface area contributed by atoms with E-state index in [1.165, 1.54) is 6.20 Å². The van der Waals surface area contributed by atoms with Gasteiger partial charge in [0.25, 0.3) is 5.91 Å². The van der Waals surface area contributed by atoms with Crippen LogP contribution in [0.15, 0.2) is 30.5 Å². The van der Waals surface area contributed by atoms with Crippen molar-refractivity contribution in [3.8, 4) is 0 Å². The maximum atomic E-state index is 12.8. The fourth-order valence-electron chi connectivity index (χ4n) is 3.52. The molecule has 1 aromatic heterocycles. The minimum atomic E-state index is -0.646. The van der Waals surface area contributed by atoms with Gasteiger partial charge in [-0.05, 0) is 25.0 Å². The normalized spacial score (nSPS) is 24.3. The number of nitrogens with zero attached hydrogens (tertiary/aromatic N) is 3. The minimum Gasteiger partial charge on any atom is -0.396 e. The summed E-state index contributed by atoms with van der Waals surface area (Å²) in [7, 11) is 0. The Balaban J connectivity index is 1.85. The summed E-state index contributed by atoms with van der Waals surface area (Å²) in [6.07, 6.45) is 2.89. The standard InChI is InChI=1S/C18H23N3O3/c1-2-8-18(12-22)11-21(9-7-16(18)23)17(24)15-10-19-13-5-3-4-6-14(13)20-15/h3-6,10,16,22-23H,2,7-9,11-12H2,1H3/t16-,18-/m0/s1. The number of fused-ring (bicyclic) bond motifs is 1. The van der Waals surface area contributed by atoms with Crippen molar-refractivity contribution in [1.82, 2.24) is 14.9 Å². The third kappa shape index (κ3) is 2.99. The van der Waals surface area contributed by atoms with Crippen LogP contribution in [0.5, 0.6) is 0 Å². The molecule has 2 aromatic rings. The van der Waals surface area contributed by atoms with E-state index in [0.717, 1.165) is 11.9 Å². The number of likely N-dealkylation sites (tertiary alicyclic amines) is 1. The third-order valence-corrected chi connectivity index (χ3v) is 4.90. The molecular weight excluding hydrogens is 306 g/mol. The molecule has 1 aliphatic heterocycles. The van der Waals surface area contributed by atoms with Crippen LogP contribution in [0.2, 0.25) is 0 Å². The van der Waals surface area contributed by atoms with Gasteiger partial charge in [-0.15, -0.1) is 0 Å². The van der Waals surface area contributed by atoms with Crippen LogP contribution < -0.4 is 0 Å². The second kappa shape index (κ2) is 6.83. The van der Waals surface area contributed by atoms with Gasteiger partial charge in [-0.3, -0.25) is 9.78 Å². The molecule has 1 saturated heterocycles. The van der Waals surface area contributed by atoms with E-state index in [1.54, 1.807) is 4.90 Å². The fourth-order valence-corrected chi connectivity index (χ4v) is 3.52. The Hall–Kier alpha value is -2.05. The van der Waals surface area contributed by atoms with Crippen molar-refractivity contribution >= 4 is 16.9 Å². The predicted molar refractivity (Wildman–Crippen MR) is 90.5 cm³/mol. The first kappa shape index (κ1) is 16.8. The maximum Gasteiger partial charge on any atom is 0.274 e. The first-order valence-corrected chi connectivity index (χ1v) is 8.39. The van der Waals surface area contributed by atoms with Crippen molar-refractivity contribution in [2.45, 2.75) is 32.3 Å². The highest BCUT2D eigenvalue weighted by molar-refractivity contribution is 5.93. The average Bonchev–Trinajstić information content (AvgIpc) is 2.62. The molecule has 128 valence electrons. The summed E-state index contributed by atoms with van der Waals surface area (Å²) in [5.41, 5.74) is 1.09. The molecule has 3 rings (SSSR count). The molecule has 1 fully saturated rings. The van der Waals surface area contributed by atoms with E-state index in [2.05, 4.69) is 9.97 Å². The lowest BCUT2D eigenvalue weighted by atomic mass is 9.74. The van der Waals surface area contributed by atoms with Gasteiger partial charge in [-0.25, -0.2) is 4.98 Å². The number of aliphatic hydroxyl groups excluding tert-OH is 2. The van der Waals surface area contributed by atoms with Gasteiger partial charge < -0.3 is 15.1 Å². The number of carbonyl (C=O) groups is 1. The molecule has 1 aliphatic rings. The summed E-state index contributed by atoms with van der Waals surface area (Å²) in [5.74, 6) is -0.200. The molecule has 2 atom stereocenters. The highest BCUT2D eigenvalue weighted by Gasteiger charge is 2.43. The molecule has 2 N–H and O–H groups in total. The van der Waals surface area contributed by atoms with Gasteiger partial charge in [-0.2, -0.15) is 0 Å². The van der Waals surface area contributed by atoms with Crippen molar-refractivity contribution < 1.29 is 15.0 Å². The van der Waals surface area contributed by atoms with Crippen LogP contribution in [0.3, 0.4) is 0 Å². The monoisotopic (exact) mass is 329 g/mol. The molecule has 6 nitrogen and oxygen atoms in total. The molecule has 2 heterocycles.